The van der Waals surface area contributed by atoms with Gasteiger partial charge in [-0.1, -0.05) is 18.2 Å². The zero-order chi connectivity index (χ0) is 14.1. The number of hydrogen-bond donors (Lipinski definition) is 0. The molecule has 2 aromatic rings. The van der Waals surface area contributed by atoms with Crippen molar-refractivity contribution < 1.29 is 13.6 Å². The second-order valence-corrected chi connectivity index (χ2v) is 5.47. The molecule has 1 nitrogen and oxygen atoms in total. The molecule has 0 bridgehead atoms. The van der Waals surface area contributed by atoms with Crippen LogP contribution in [0.5, 0.6) is 0 Å². The average Bonchev–Trinajstić information content (AvgIpc) is 2.45. The summed E-state index contributed by atoms with van der Waals surface area (Å²) in [5.41, 5.74) is 1.21. The Morgan fingerprint density at radius 1 is 1.10 bits per heavy atom. The van der Waals surface area contributed by atoms with Gasteiger partial charge in [-0.3, -0.25) is 4.79 Å². The van der Waals surface area contributed by atoms with Crippen molar-refractivity contribution >= 4 is 23.6 Å². The summed E-state index contributed by atoms with van der Waals surface area (Å²) in [7, 11) is 0. The van der Waals surface area contributed by atoms with Crippen LogP contribution >= 0.6 is 11.8 Å². The number of carbonyl (C=O) groups is 1. The van der Waals surface area contributed by atoms with Crippen LogP contribution < -0.4 is 0 Å². The SMILES string of the molecule is O=C1/C(=C/c2ccccc2F)CSc2ccc(F)cc21. The van der Waals surface area contributed by atoms with E-state index in [2.05, 4.69) is 0 Å². The number of hydrogen-bond acceptors (Lipinski definition) is 2. The smallest absolute Gasteiger partial charge is 0.191 e. The molecule has 1 aliphatic heterocycles. The zero-order valence-corrected chi connectivity index (χ0v) is 11.2. The van der Waals surface area contributed by atoms with Gasteiger partial charge in [-0.25, -0.2) is 8.78 Å². The molecule has 0 radical (unpaired) electrons. The molecule has 1 heterocycles. The van der Waals surface area contributed by atoms with Crippen LogP contribution in [0.1, 0.15) is 15.9 Å². The Kier molecular flexibility index (Phi) is 3.40. The maximum Gasteiger partial charge on any atom is 0.191 e. The minimum absolute atomic E-state index is 0.235. The fourth-order valence-corrected chi connectivity index (χ4v) is 3.08. The molecule has 20 heavy (non-hydrogen) atoms. The van der Waals surface area contributed by atoms with Gasteiger partial charge in [0.15, 0.2) is 5.78 Å². The monoisotopic (exact) mass is 288 g/mol. The number of benzene rings is 2. The van der Waals surface area contributed by atoms with Gasteiger partial charge in [-0.2, -0.15) is 0 Å². The van der Waals surface area contributed by atoms with E-state index >= 15 is 0 Å². The summed E-state index contributed by atoms with van der Waals surface area (Å²) in [6, 6.07) is 10.4. The van der Waals surface area contributed by atoms with E-state index in [-0.39, 0.29) is 11.6 Å². The Balaban J connectivity index is 2.02. The van der Waals surface area contributed by atoms with Crippen LogP contribution in [0.15, 0.2) is 52.9 Å². The molecule has 0 N–H and O–H groups in total. The van der Waals surface area contributed by atoms with E-state index in [1.165, 1.54) is 30.0 Å². The number of fused-ring (bicyclic) bond motifs is 1. The van der Waals surface area contributed by atoms with Crippen LogP contribution in [0.4, 0.5) is 8.78 Å². The van der Waals surface area contributed by atoms with Crippen LogP contribution in [-0.2, 0) is 0 Å². The molecule has 2 aromatic carbocycles. The van der Waals surface area contributed by atoms with Crippen LogP contribution in [0.25, 0.3) is 6.08 Å². The van der Waals surface area contributed by atoms with E-state index in [4.69, 9.17) is 0 Å². The van der Waals surface area contributed by atoms with Crippen LogP contribution in [-0.4, -0.2) is 11.5 Å². The molecule has 0 aromatic heterocycles. The summed E-state index contributed by atoms with van der Waals surface area (Å²) in [4.78, 5) is 13.1. The van der Waals surface area contributed by atoms with Gasteiger partial charge in [-0.15, -0.1) is 11.8 Å². The third-order valence-electron chi connectivity index (χ3n) is 3.10. The van der Waals surface area contributed by atoms with Crippen molar-refractivity contribution in [2.24, 2.45) is 0 Å². The molecule has 0 saturated carbocycles. The standard InChI is InChI=1S/C16H10F2OS/c17-12-5-6-15-13(8-12)16(19)11(9-20-15)7-10-3-1-2-4-14(10)18/h1-8H,9H2/b11-7+. The van der Waals surface area contributed by atoms with Crippen molar-refractivity contribution in [2.45, 2.75) is 4.90 Å². The highest BCUT2D eigenvalue weighted by molar-refractivity contribution is 7.99. The molecule has 4 heteroatoms. The van der Waals surface area contributed by atoms with E-state index in [1.807, 2.05) is 0 Å². The fraction of sp³-hybridized carbons (Fsp3) is 0.0625. The van der Waals surface area contributed by atoms with Gasteiger partial charge in [-0.05, 0) is 30.3 Å². The molecule has 0 aliphatic carbocycles. The average molecular weight is 288 g/mol. The van der Waals surface area contributed by atoms with Crippen molar-refractivity contribution in [3.63, 3.8) is 0 Å². The minimum Gasteiger partial charge on any atom is -0.289 e. The molecule has 0 atom stereocenters. The lowest BCUT2D eigenvalue weighted by Crippen LogP contribution is -2.12. The Morgan fingerprint density at radius 2 is 1.90 bits per heavy atom. The van der Waals surface area contributed by atoms with Gasteiger partial charge in [0, 0.05) is 27.3 Å². The van der Waals surface area contributed by atoms with E-state index < -0.39 is 5.82 Å². The Labute approximate surface area is 119 Å². The number of thioether (sulfide) groups is 1. The summed E-state index contributed by atoms with van der Waals surface area (Å²) in [6.45, 7) is 0. The number of rotatable bonds is 1. The highest BCUT2D eigenvalue weighted by Crippen LogP contribution is 2.33. The van der Waals surface area contributed by atoms with Gasteiger partial charge in [0.1, 0.15) is 11.6 Å². The van der Waals surface area contributed by atoms with Gasteiger partial charge >= 0.3 is 0 Å². The first-order valence-electron chi connectivity index (χ1n) is 6.07. The number of halogens is 2. The van der Waals surface area contributed by atoms with E-state index in [0.29, 0.717) is 22.5 Å². The van der Waals surface area contributed by atoms with Gasteiger partial charge in [0.2, 0.25) is 0 Å². The number of ketones is 1. The molecule has 0 amide bonds. The maximum atomic E-state index is 13.6. The molecule has 0 spiro atoms. The number of carbonyl (C=O) groups excluding carboxylic acids is 1. The van der Waals surface area contributed by atoms with E-state index in [0.717, 1.165) is 4.90 Å². The second-order valence-electron chi connectivity index (χ2n) is 4.45. The van der Waals surface area contributed by atoms with Crippen LogP contribution in [0.2, 0.25) is 0 Å². The van der Waals surface area contributed by atoms with Crippen molar-refractivity contribution in [3.8, 4) is 0 Å². The Hall–Kier alpha value is -1.94. The van der Waals surface area contributed by atoms with Crippen LogP contribution in [0.3, 0.4) is 0 Å². The van der Waals surface area contributed by atoms with Gasteiger partial charge in [0.05, 0.1) is 0 Å². The van der Waals surface area contributed by atoms with Crippen molar-refractivity contribution in [2.75, 3.05) is 5.75 Å². The van der Waals surface area contributed by atoms with Crippen molar-refractivity contribution in [3.05, 3.63) is 70.8 Å². The maximum absolute atomic E-state index is 13.6. The first kappa shape index (κ1) is 13.1. The predicted molar refractivity (Wildman–Crippen MR) is 75.8 cm³/mol. The topological polar surface area (TPSA) is 17.1 Å². The van der Waals surface area contributed by atoms with Gasteiger partial charge in [0.25, 0.3) is 0 Å². The molecule has 3 rings (SSSR count). The molecular formula is C16H10F2OS. The molecular weight excluding hydrogens is 278 g/mol. The highest BCUT2D eigenvalue weighted by Gasteiger charge is 2.23. The predicted octanol–water partition coefficient (Wildman–Crippen LogP) is 4.34. The summed E-state index contributed by atoms with van der Waals surface area (Å²) in [5, 5.41) is 0. The zero-order valence-electron chi connectivity index (χ0n) is 10.4. The lowest BCUT2D eigenvalue weighted by Gasteiger charge is -2.17. The summed E-state index contributed by atoms with van der Waals surface area (Å²) < 4.78 is 26.9. The Bertz CT molecular complexity index is 722. The van der Waals surface area contributed by atoms with E-state index in [9.17, 15) is 13.6 Å². The first-order valence-corrected chi connectivity index (χ1v) is 7.06. The summed E-state index contributed by atoms with van der Waals surface area (Å²) >= 11 is 1.46. The van der Waals surface area contributed by atoms with Crippen molar-refractivity contribution in [1.82, 2.24) is 0 Å². The second kappa shape index (κ2) is 5.21. The lowest BCUT2D eigenvalue weighted by molar-refractivity contribution is 0.103. The molecule has 100 valence electrons. The van der Waals surface area contributed by atoms with Gasteiger partial charge < -0.3 is 0 Å². The normalized spacial score (nSPS) is 16.3. The largest absolute Gasteiger partial charge is 0.289 e. The highest BCUT2D eigenvalue weighted by atomic mass is 32.2. The third-order valence-corrected chi connectivity index (χ3v) is 4.22. The first-order chi connectivity index (χ1) is 9.65. The van der Waals surface area contributed by atoms with Crippen LogP contribution in [0, 0.1) is 11.6 Å². The lowest BCUT2D eigenvalue weighted by atomic mass is 10.0. The van der Waals surface area contributed by atoms with Crippen molar-refractivity contribution in [1.29, 1.82) is 0 Å². The minimum atomic E-state index is -0.440. The number of Topliss-reactive ketones (excluding diaryl/α,β-unsaturated/α-hetero) is 1. The molecule has 0 fully saturated rings. The van der Waals surface area contributed by atoms with E-state index in [1.54, 1.807) is 30.3 Å². The molecule has 0 unspecified atom stereocenters. The summed E-state index contributed by atoms with van der Waals surface area (Å²) in [5.74, 6) is -0.583. The molecule has 1 aliphatic rings. The fourth-order valence-electron chi connectivity index (χ4n) is 2.09. The quantitative estimate of drug-likeness (QED) is 0.726. The third kappa shape index (κ3) is 2.39. The Morgan fingerprint density at radius 3 is 2.70 bits per heavy atom. The summed E-state index contributed by atoms with van der Waals surface area (Å²) in [6.07, 6.45) is 1.54. The molecule has 0 saturated heterocycles.